The zero-order chi connectivity index (χ0) is 27.7. The fraction of sp³-hybridized carbons (Fsp3) is 0.786. The Morgan fingerprint density at radius 3 is 2.63 bits per heavy atom. The molecule has 0 aliphatic heterocycles. The highest BCUT2D eigenvalue weighted by Crippen LogP contribution is 2.67. The molecule has 0 radical (unpaired) electrons. The smallest absolute Gasteiger partial charge is 0.303 e. The summed E-state index contributed by atoms with van der Waals surface area (Å²) in [4.78, 5) is 40.4. The second-order valence-corrected chi connectivity index (χ2v) is 12.1. The minimum Gasteiger partial charge on any atom is -0.481 e. The molecule has 10 nitrogen and oxygen atoms in total. The topological polar surface area (TPSA) is 166 Å². The Balaban J connectivity index is 1.39. The standard InChI is InChI=1S/C28H42N2O8/c1-26-10-8-18(30-38-16-23(34)29-12-4-3-5-24(35)36)13-17(26)6-7-19-20-9-11-28(37,22(33)15-31)27(20,2)14-21(32)25(19)26/h13,19-21,25,31-32,37H,3-12,14-16H2,1-2H3,(H,29,34)(H,35,36)/t19?,20?,21?,25?,26-,27-,28-/m0/s1. The van der Waals surface area contributed by atoms with Gasteiger partial charge in [0, 0.05) is 18.4 Å². The Bertz CT molecular complexity index is 1010. The minimum absolute atomic E-state index is 0.0153. The van der Waals surface area contributed by atoms with Gasteiger partial charge in [-0.3, -0.25) is 14.4 Å². The van der Waals surface area contributed by atoms with Gasteiger partial charge in [0.25, 0.3) is 5.91 Å². The number of carbonyl (C=O) groups excluding carboxylic acids is 2. The van der Waals surface area contributed by atoms with Gasteiger partial charge in [-0.25, -0.2) is 0 Å². The van der Waals surface area contributed by atoms with Crippen molar-refractivity contribution < 1.29 is 39.6 Å². The van der Waals surface area contributed by atoms with E-state index in [9.17, 15) is 29.7 Å². The second-order valence-electron chi connectivity index (χ2n) is 12.1. The summed E-state index contributed by atoms with van der Waals surface area (Å²) >= 11 is 0. The monoisotopic (exact) mass is 534 g/mol. The van der Waals surface area contributed by atoms with Crippen LogP contribution in [0.1, 0.15) is 78.1 Å². The van der Waals surface area contributed by atoms with Crippen LogP contribution in [0.3, 0.4) is 0 Å². The van der Waals surface area contributed by atoms with Crippen LogP contribution in [-0.4, -0.2) is 75.3 Å². The first kappa shape index (κ1) is 28.7. The summed E-state index contributed by atoms with van der Waals surface area (Å²) in [7, 11) is 0. The molecule has 4 rings (SSSR count). The van der Waals surface area contributed by atoms with Gasteiger partial charge < -0.3 is 30.6 Å². The number of amides is 1. The maximum absolute atomic E-state index is 12.6. The van der Waals surface area contributed by atoms with E-state index in [4.69, 9.17) is 9.94 Å². The molecule has 0 aromatic rings. The molecular weight excluding hydrogens is 492 g/mol. The summed E-state index contributed by atoms with van der Waals surface area (Å²) in [6.07, 6.45) is 7.05. The molecule has 38 heavy (non-hydrogen) atoms. The summed E-state index contributed by atoms with van der Waals surface area (Å²) in [6.45, 7) is 3.62. The number of oxime groups is 1. The van der Waals surface area contributed by atoms with Gasteiger partial charge in [0.05, 0.1) is 11.8 Å². The number of Topliss-reactive ketones (excluding diaryl/α,β-unsaturated/α-hetero) is 1. The number of carboxylic acid groups (broad SMARTS) is 1. The highest BCUT2D eigenvalue weighted by Gasteiger charge is 2.68. The van der Waals surface area contributed by atoms with Crippen LogP contribution in [0.2, 0.25) is 0 Å². The van der Waals surface area contributed by atoms with Crippen molar-refractivity contribution in [2.75, 3.05) is 19.8 Å². The van der Waals surface area contributed by atoms with Crippen molar-refractivity contribution in [1.82, 2.24) is 5.32 Å². The SMILES string of the molecule is C[C@]12CCC(=NOCC(=O)NCCCCC(=O)O)C=C1CCC1C2C(O)C[C@@]2(C)C1CC[C@]2(O)C(=O)CO. The number of aliphatic carboxylic acids is 1. The Hall–Kier alpha value is -2.30. The molecule has 4 aliphatic carbocycles. The maximum atomic E-state index is 12.6. The number of hydrogen-bond acceptors (Lipinski definition) is 8. The number of unbranched alkanes of at least 4 members (excludes halogenated alkanes) is 1. The van der Waals surface area contributed by atoms with Gasteiger partial charge in [0.2, 0.25) is 0 Å². The van der Waals surface area contributed by atoms with Crippen LogP contribution in [0.15, 0.2) is 16.8 Å². The van der Waals surface area contributed by atoms with Crippen molar-refractivity contribution in [3.63, 3.8) is 0 Å². The number of aliphatic hydroxyl groups excluding tert-OH is 2. The molecule has 212 valence electrons. The number of ketones is 1. The average molecular weight is 535 g/mol. The van der Waals surface area contributed by atoms with Gasteiger partial charge in [-0.05, 0) is 87.0 Å². The lowest BCUT2D eigenvalue weighted by atomic mass is 9.45. The highest BCUT2D eigenvalue weighted by atomic mass is 16.6. The van der Waals surface area contributed by atoms with Crippen molar-refractivity contribution in [3.8, 4) is 0 Å². The zero-order valence-corrected chi connectivity index (χ0v) is 22.4. The molecule has 0 saturated heterocycles. The van der Waals surface area contributed by atoms with Gasteiger partial charge in [0.15, 0.2) is 12.4 Å². The van der Waals surface area contributed by atoms with E-state index >= 15 is 0 Å². The third-order valence-electron chi connectivity index (χ3n) is 10.2. The average Bonchev–Trinajstić information content (AvgIpc) is 3.13. The predicted molar refractivity (Wildman–Crippen MR) is 138 cm³/mol. The third kappa shape index (κ3) is 5.02. The molecule has 0 bridgehead atoms. The second kappa shape index (κ2) is 11.1. The van der Waals surface area contributed by atoms with E-state index in [1.807, 2.05) is 13.0 Å². The molecule has 10 heteroatoms. The van der Waals surface area contributed by atoms with E-state index in [1.54, 1.807) is 0 Å². The predicted octanol–water partition coefficient (Wildman–Crippen LogP) is 1.96. The number of allylic oxidation sites excluding steroid dienone is 2. The minimum atomic E-state index is -1.59. The molecule has 0 heterocycles. The number of nitrogens with zero attached hydrogens (tertiary/aromatic N) is 1. The number of nitrogens with one attached hydrogen (secondary N) is 1. The maximum Gasteiger partial charge on any atom is 0.303 e. The van der Waals surface area contributed by atoms with Crippen molar-refractivity contribution in [3.05, 3.63) is 11.6 Å². The molecular formula is C28H42N2O8. The number of fused-ring (bicyclic) bond motifs is 5. The number of rotatable bonds is 10. The van der Waals surface area contributed by atoms with Crippen LogP contribution in [0, 0.1) is 28.6 Å². The first-order valence-electron chi connectivity index (χ1n) is 13.9. The third-order valence-corrected chi connectivity index (χ3v) is 10.2. The first-order valence-corrected chi connectivity index (χ1v) is 13.9. The van der Waals surface area contributed by atoms with Crippen molar-refractivity contribution in [2.45, 2.75) is 89.8 Å². The largest absolute Gasteiger partial charge is 0.481 e. The molecule has 7 atom stereocenters. The van der Waals surface area contributed by atoms with E-state index < -0.39 is 35.5 Å². The van der Waals surface area contributed by atoms with Crippen LogP contribution >= 0.6 is 0 Å². The molecule has 3 fully saturated rings. The summed E-state index contributed by atoms with van der Waals surface area (Å²) < 4.78 is 0. The lowest BCUT2D eigenvalue weighted by Gasteiger charge is -2.60. The van der Waals surface area contributed by atoms with E-state index in [0.29, 0.717) is 45.1 Å². The Morgan fingerprint density at radius 1 is 1.16 bits per heavy atom. The Kier molecular flexibility index (Phi) is 8.35. The quantitative estimate of drug-likeness (QED) is 0.210. The number of carboxylic acids is 1. The van der Waals surface area contributed by atoms with E-state index in [1.165, 1.54) is 5.57 Å². The molecule has 4 aliphatic rings. The fourth-order valence-electron chi connectivity index (χ4n) is 8.22. The molecule has 5 N–H and O–H groups in total. The van der Waals surface area contributed by atoms with Crippen LogP contribution in [0.5, 0.6) is 0 Å². The lowest BCUT2D eigenvalue weighted by molar-refractivity contribution is -0.181. The summed E-state index contributed by atoms with van der Waals surface area (Å²) in [5.41, 5.74) is -0.583. The molecule has 0 aromatic heterocycles. The van der Waals surface area contributed by atoms with Crippen molar-refractivity contribution >= 4 is 23.4 Å². The summed E-state index contributed by atoms with van der Waals surface area (Å²) in [5.74, 6) is -1.39. The van der Waals surface area contributed by atoms with E-state index in [2.05, 4.69) is 17.4 Å². The molecule has 0 aromatic carbocycles. The molecule has 3 saturated carbocycles. The Labute approximate surface area is 223 Å². The highest BCUT2D eigenvalue weighted by molar-refractivity contribution is 5.96. The molecule has 0 spiro atoms. The van der Waals surface area contributed by atoms with Gasteiger partial charge >= 0.3 is 5.97 Å². The zero-order valence-electron chi connectivity index (χ0n) is 22.4. The van der Waals surface area contributed by atoms with Crippen molar-refractivity contribution in [2.24, 2.45) is 33.7 Å². The van der Waals surface area contributed by atoms with Crippen LogP contribution in [-0.2, 0) is 19.2 Å². The summed E-state index contributed by atoms with van der Waals surface area (Å²) in [6, 6.07) is 0. The van der Waals surface area contributed by atoms with Gasteiger partial charge in [0.1, 0.15) is 12.2 Å². The van der Waals surface area contributed by atoms with Crippen LogP contribution < -0.4 is 5.32 Å². The van der Waals surface area contributed by atoms with E-state index in [-0.39, 0.29) is 42.1 Å². The Morgan fingerprint density at radius 2 is 1.92 bits per heavy atom. The van der Waals surface area contributed by atoms with Gasteiger partial charge in [-0.15, -0.1) is 0 Å². The normalized spacial score (nSPS) is 39.0. The van der Waals surface area contributed by atoms with E-state index in [0.717, 1.165) is 25.0 Å². The fourth-order valence-corrected chi connectivity index (χ4v) is 8.22. The molecule has 4 unspecified atom stereocenters. The molecule has 1 amide bonds. The van der Waals surface area contributed by atoms with Gasteiger partial charge in [-0.2, -0.15) is 0 Å². The van der Waals surface area contributed by atoms with Crippen molar-refractivity contribution in [1.29, 1.82) is 0 Å². The first-order chi connectivity index (χ1) is 18.0. The lowest BCUT2D eigenvalue weighted by Crippen LogP contribution is -2.62. The number of aliphatic hydroxyl groups is 3. The summed E-state index contributed by atoms with van der Waals surface area (Å²) in [5, 5.41) is 47.9. The number of hydrogen-bond donors (Lipinski definition) is 5. The van der Waals surface area contributed by atoms with Crippen LogP contribution in [0.25, 0.3) is 0 Å². The van der Waals surface area contributed by atoms with Gasteiger partial charge in [-0.1, -0.05) is 24.6 Å². The number of carbonyl (C=O) groups is 3. The van der Waals surface area contributed by atoms with Crippen LogP contribution in [0.4, 0.5) is 0 Å².